The van der Waals surface area contributed by atoms with E-state index in [4.69, 9.17) is 0 Å². The average Bonchev–Trinajstić information content (AvgIpc) is 3.08. The quantitative estimate of drug-likeness (QED) is 0.557. The minimum absolute atomic E-state index is 0.0493. The Hall–Kier alpha value is -3.81. The molecule has 0 aliphatic heterocycles. The molecular formula is C18H13N5O3. The summed E-state index contributed by atoms with van der Waals surface area (Å²) in [7, 11) is 0. The number of amides is 1. The van der Waals surface area contributed by atoms with E-state index in [1.54, 1.807) is 53.3 Å². The molecule has 0 atom stereocenters. The van der Waals surface area contributed by atoms with E-state index in [9.17, 15) is 14.4 Å². The number of pyridine rings is 2. The summed E-state index contributed by atoms with van der Waals surface area (Å²) >= 11 is 0. The van der Waals surface area contributed by atoms with Crippen molar-refractivity contribution in [3.8, 4) is 0 Å². The summed E-state index contributed by atoms with van der Waals surface area (Å²) in [6.07, 6.45) is 5.74. The molecule has 26 heavy (non-hydrogen) atoms. The highest BCUT2D eigenvalue weighted by Gasteiger charge is 2.11. The van der Waals surface area contributed by atoms with E-state index in [-0.39, 0.29) is 17.8 Å². The number of imidazole rings is 1. The predicted octanol–water partition coefficient (Wildman–Crippen LogP) is 1.08. The number of aldehydes is 1. The Morgan fingerprint density at radius 2 is 2.00 bits per heavy atom. The number of carbonyl (C=O) groups excluding carboxylic acids is 2. The lowest BCUT2D eigenvalue weighted by molar-refractivity contribution is 0.0945. The fourth-order valence-corrected chi connectivity index (χ4v) is 2.65. The summed E-state index contributed by atoms with van der Waals surface area (Å²) in [5.41, 5.74) is 1.95. The van der Waals surface area contributed by atoms with Crippen LogP contribution in [0.3, 0.4) is 0 Å². The van der Waals surface area contributed by atoms with Gasteiger partial charge in [-0.25, -0.2) is 9.97 Å². The molecule has 1 amide bonds. The van der Waals surface area contributed by atoms with Gasteiger partial charge in [0.05, 0.1) is 12.2 Å². The van der Waals surface area contributed by atoms with Gasteiger partial charge < -0.3 is 9.72 Å². The van der Waals surface area contributed by atoms with E-state index in [0.29, 0.717) is 22.6 Å². The molecular weight excluding hydrogens is 334 g/mol. The Kier molecular flexibility index (Phi) is 3.77. The van der Waals surface area contributed by atoms with Crippen LogP contribution in [0.15, 0.2) is 59.8 Å². The average molecular weight is 347 g/mol. The second kappa shape index (κ2) is 6.25. The molecule has 0 saturated heterocycles. The Morgan fingerprint density at radius 3 is 2.85 bits per heavy atom. The first-order valence-electron chi connectivity index (χ1n) is 7.83. The standard InChI is InChI=1S/C18H13N5O3/c24-11-12-4-5-15-20-13(10-22(15)9-12)8-19-18(26)14-7-17(25)23-6-2-1-3-16(23)21-14/h1-7,9-11H,8H2,(H,19,26). The molecule has 0 radical (unpaired) electrons. The van der Waals surface area contributed by atoms with E-state index in [1.807, 2.05) is 0 Å². The van der Waals surface area contributed by atoms with Crippen LogP contribution >= 0.6 is 0 Å². The predicted molar refractivity (Wildman–Crippen MR) is 93.2 cm³/mol. The number of aromatic nitrogens is 4. The minimum atomic E-state index is -0.459. The lowest BCUT2D eigenvalue weighted by Crippen LogP contribution is -2.27. The van der Waals surface area contributed by atoms with Crippen LogP contribution in [-0.4, -0.2) is 31.0 Å². The SMILES string of the molecule is O=Cc1ccc2nc(CNC(=O)c3cc(=O)n4ccccc4n3)cn2c1. The summed E-state index contributed by atoms with van der Waals surface area (Å²) < 4.78 is 3.08. The van der Waals surface area contributed by atoms with Gasteiger partial charge in [0.25, 0.3) is 11.5 Å². The number of nitrogens with zero attached hydrogens (tertiary/aromatic N) is 4. The molecule has 0 bridgehead atoms. The lowest BCUT2D eigenvalue weighted by Gasteiger charge is -2.04. The van der Waals surface area contributed by atoms with Crippen molar-refractivity contribution in [1.82, 2.24) is 24.1 Å². The van der Waals surface area contributed by atoms with Gasteiger partial charge in [0, 0.05) is 30.2 Å². The number of hydrogen-bond acceptors (Lipinski definition) is 5. The van der Waals surface area contributed by atoms with Gasteiger partial charge >= 0.3 is 0 Å². The molecule has 8 nitrogen and oxygen atoms in total. The number of hydrogen-bond donors (Lipinski definition) is 1. The topological polar surface area (TPSA) is 97.8 Å². The number of nitrogens with one attached hydrogen (secondary N) is 1. The minimum Gasteiger partial charge on any atom is -0.345 e. The van der Waals surface area contributed by atoms with Gasteiger partial charge in [0.15, 0.2) is 6.29 Å². The van der Waals surface area contributed by atoms with Crippen molar-refractivity contribution < 1.29 is 9.59 Å². The van der Waals surface area contributed by atoms with Crippen LogP contribution in [0.2, 0.25) is 0 Å². The number of rotatable bonds is 4. The fraction of sp³-hybridized carbons (Fsp3) is 0.0556. The smallest absolute Gasteiger partial charge is 0.270 e. The van der Waals surface area contributed by atoms with Gasteiger partial charge in [0.1, 0.15) is 17.0 Å². The van der Waals surface area contributed by atoms with Gasteiger partial charge in [-0.3, -0.25) is 18.8 Å². The molecule has 0 aliphatic carbocycles. The first-order valence-corrected chi connectivity index (χ1v) is 7.83. The molecule has 0 aliphatic rings. The maximum atomic E-state index is 12.3. The number of carbonyl (C=O) groups is 2. The van der Waals surface area contributed by atoms with Crippen LogP contribution in [0.4, 0.5) is 0 Å². The van der Waals surface area contributed by atoms with Gasteiger partial charge in [-0.1, -0.05) is 6.07 Å². The normalized spacial score (nSPS) is 10.9. The second-order valence-corrected chi connectivity index (χ2v) is 5.67. The molecule has 0 spiro atoms. The molecule has 0 fully saturated rings. The van der Waals surface area contributed by atoms with Crippen molar-refractivity contribution >= 4 is 23.5 Å². The molecule has 0 unspecified atom stereocenters. The van der Waals surface area contributed by atoms with E-state index in [2.05, 4.69) is 15.3 Å². The first-order chi connectivity index (χ1) is 12.6. The summed E-state index contributed by atoms with van der Waals surface area (Å²) in [6, 6.07) is 9.71. The molecule has 1 N–H and O–H groups in total. The van der Waals surface area contributed by atoms with E-state index in [1.165, 1.54) is 10.5 Å². The zero-order chi connectivity index (χ0) is 18.1. The summed E-state index contributed by atoms with van der Waals surface area (Å²) in [5.74, 6) is -0.459. The van der Waals surface area contributed by atoms with Gasteiger partial charge in [0.2, 0.25) is 0 Å². The van der Waals surface area contributed by atoms with Gasteiger partial charge in [-0.15, -0.1) is 0 Å². The van der Waals surface area contributed by atoms with E-state index < -0.39 is 5.91 Å². The molecule has 4 aromatic heterocycles. The Labute approximate surface area is 146 Å². The third-order valence-corrected chi connectivity index (χ3v) is 3.89. The zero-order valence-electron chi connectivity index (χ0n) is 13.5. The van der Waals surface area contributed by atoms with Crippen molar-refractivity contribution in [2.75, 3.05) is 0 Å². The lowest BCUT2D eigenvalue weighted by atomic mass is 10.3. The fourth-order valence-electron chi connectivity index (χ4n) is 2.65. The van der Waals surface area contributed by atoms with Crippen molar-refractivity contribution in [1.29, 1.82) is 0 Å². The maximum absolute atomic E-state index is 12.3. The highest BCUT2D eigenvalue weighted by molar-refractivity contribution is 5.92. The van der Waals surface area contributed by atoms with Crippen molar-refractivity contribution in [3.63, 3.8) is 0 Å². The van der Waals surface area contributed by atoms with Crippen molar-refractivity contribution in [2.24, 2.45) is 0 Å². The summed E-state index contributed by atoms with van der Waals surface area (Å²) in [4.78, 5) is 43.8. The maximum Gasteiger partial charge on any atom is 0.270 e. The Balaban J connectivity index is 1.55. The zero-order valence-corrected chi connectivity index (χ0v) is 13.5. The van der Waals surface area contributed by atoms with Crippen LogP contribution in [0, 0.1) is 0 Å². The summed E-state index contributed by atoms with van der Waals surface area (Å²) in [6.45, 7) is 0.173. The number of fused-ring (bicyclic) bond motifs is 2. The van der Waals surface area contributed by atoms with Crippen LogP contribution in [-0.2, 0) is 6.54 Å². The molecule has 4 rings (SSSR count). The molecule has 128 valence electrons. The third-order valence-electron chi connectivity index (χ3n) is 3.89. The van der Waals surface area contributed by atoms with Gasteiger partial charge in [-0.05, 0) is 24.3 Å². The van der Waals surface area contributed by atoms with Crippen LogP contribution in [0.5, 0.6) is 0 Å². The summed E-state index contributed by atoms with van der Waals surface area (Å²) in [5, 5.41) is 2.70. The molecule has 4 heterocycles. The largest absolute Gasteiger partial charge is 0.345 e. The molecule has 8 heteroatoms. The molecule has 4 aromatic rings. The highest BCUT2D eigenvalue weighted by atomic mass is 16.2. The monoisotopic (exact) mass is 347 g/mol. The second-order valence-electron chi connectivity index (χ2n) is 5.67. The molecule has 0 aromatic carbocycles. The Morgan fingerprint density at radius 1 is 1.12 bits per heavy atom. The van der Waals surface area contributed by atoms with Crippen LogP contribution in [0.25, 0.3) is 11.3 Å². The van der Waals surface area contributed by atoms with E-state index >= 15 is 0 Å². The van der Waals surface area contributed by atoms with Crippen molar-refractivity contribution in [2.45, 2.75) is 6.54 Å². The first kappa shape index (κ1) is 15.7. The highest BCUT2D eigenvalue weighted by Crippen LogP contribution is 2.07. The van der Waals surface area contributed by atoms with Crippen molar-refractivity contribution in [3.05, 3.63) is 82.3 Å². The van der Waals surface area contributed by atoms with Crippen LogP contribution < -0.4 is 10.9 Å². The molecule has 0 saturated carbocycles. The van der Waals surface area contributed by atoms with Gasteiger partial charge in [-0.2, -0.15) is 0 Å². The van der Waals surface area contributed by atoms with Crippen LogP contribution in [0.1, 0.15) is 26.5 Å². The Bertz CT molecular complexity index is 1210. The van der Waals surface area contributed by atoms with E-state index in [0.717, 1.165) is 6.29 Å². The third kappa shape index (κ3) is 2.84.